The van der Waals surface area contributed by atoms with Gasteiger partial charge in [-0.25, -0.2) is 0 Å². The molecule has 4 rings (SSSR count). The van der Waals surface area contributed by atoms with Gasteiger partial charge in [-0.05, 0) is 126 Å². The first kappa shape index (κ1) is 28.1. The Morgan fingerprint density at radius 1 is 0.806 bits per heavy atom. The topological polar surface area (TPSA) is 36.3 Å². The fraction of sp³-hybridized carbons (Fsp3) is 0.581. The van der Waals surface area contributed by atoms with Gasteiger partial charge in [-0.1, -0.05) is 38.1 Å². The van der Waals surface area contributed by atoms with Crippen molar-refractivity contribution in [2.24, 2.45) is 11.3 Å². The summed E-state index contributed by atoms with van der Waals surface area (Å²) in [4.78, 5) is 2.30. The fourth-order valence-corrected chi connectivity index (χ4v) is 5.55. The van der Waals surface area contributed by atoms with Crippen molar-refractivity contribution in [3.05, 3.63) is 65.2 Å². The van der Waals surface area contributed by atoms with Crippen molar-refractivity contribution in [3.63, 3.8) is 0 Å². The van der Waals surface area contributed by atoms with Crippen molar-refractivity contribution in [2.45, 2.75) is 84.2 Å². The third kappa shape index (κ3) is 6.85. The molecule has 36 heavy (non-hydrogen) atoms. The summed E-state index contributed by atoms with van der Waals surface area (Å²) in [5.74, 6) is 1.44. The molecule has 0 atom stereocenters. The molecular formula is C31H42F2N2O. The molecule has 1 saturated heterocycles. The molecule has 0 unspecified atom stereocenters. The van der Waals surface area contributed by atoms with Crippen molar-refractivity contribution in [1.82, 2.24) is 4.90 Å². The standard InChI is InChI=1S/C29H36F2N2O.C2H6/c1-28(2,20-32)25-10-4-21(5-11-25)23-8-14-27(15-9-23)34-29(30,31)26-12-6-22(7-13-26)24-16-18-33(3)19-17-24;1-2/h6-9,12-15,21,24-25H,4-5,10-11,16-19H2,1-3H3;1-2H3. The van der Waals surface area contributed by atoms with Gasteiger partial charge in [-0.2, -0.15) is 14.0 Å². The predicted molar refractivity (Wildman–Crippen MR) is 142 cm³/mol. The molecule has 1 aliphatic heterocycles. The number of benzene rings is 2. The van der Waals surface area contributed by atoms with Crippen LogP contribution in [0.1, 0.15) is 94.7 Å². The Bertz CT molecular complexity index is 979. The minimum absolute atomic E-state index is 0.119. The van der Waals surface area contributed by atoms with Gasteiger partial charge in [0.25, 0.3) is 0 Å². The van der Waals surface area contributed by atoms with Gasteiger partial charge in [-0.15, -0.1) is 0 Å². The summed E-state index contributed by atoms with van der Waals surface area (Å²) in [5, 5.41) is 9.39. The normalized spacial score (nSPS) is 21.7. The van der Waals surface area contributed by atoms with E-state index in [-0.39, 0.29) is 16.7 Å². The predicted octanol–water partition coefficient (Wildman–Crippen LogP) is 8.47. The maximum Gasteiger partial charge on any atom is 0.426 e. The highest BCUT2D eigenvalue weighted by atomic mass is 19.3. The summed E-state index contributed by atoms with van der Waals surface area (Å²) in [6, 6.07) is 16.2. The molecule has 0 spiro atoms. The fourth-order valence-electron chi connectivity index (χ4n) is 5.55. The smallest absolute Gasteiger partial charge is 0.426 e. The largest absolute Gasteiger partial charge is 0.429 e. The maximum absolute atomic E-state index is 14.9. The van der Waals surface area contributed by atoms with Crippen LogP contribution in [0.25, 0.3) is 0 Å². The number of rotatable bonds is 6. The number of hydrogen-bond donors (Lipinski definition) is 0. The van der Waals surface area contributed by atoms with Gasteiger partial charge in [0.15, 0.2) is 0 Å². The minimum atomic E-state index is -3.38. The quantitative estimate of drug-likeness (QED) is 0.402. The van der Waals surface area contributed by atoms with E-state index in [1.54, 1.807) is 12.1 Å². The van der Waals surface area contributed by atoms with Crippen LogP contribution in [-0.2, 0) is 6.11 Å². The van der Waals surface area contributed by atoms with Crippen LogP contribution in [0.5, 0.6) is 5.75 Å². The molecule has 196 valence electrons. The van der Waals surface area contributed by atoms with Crippen LogP contribution in [0.3, 0.4) is 0 Å². The van der Waals surface area contributed by atoms with Crippen LogP contribution < -0.4 is 4.74 Å². The third-order valence-electron chi connectivity index (χ3n) is 8.07. The highest BCUT2D eigenvalue weighted by Gasteiger charge is 2.36. The van der Waals surface area contributed by atoms with Crippen LogP contribution in [0.2, 0.25) is 0 Å². The van der Waals surface area contributed by atoms with Crippen molar-refractivity contribution in [1.29, 1.82) is 5.26 Å². The average molecular weight is 497 g/mol. The van der Waals surface area contributed by atoms with Crippen molar-refractivity contribution < 1.29 is 13.5 Å². The number of hydrogen-bond acceptors (Lipinski definition) is 3. The zero-order valence-electron chi connectivity index (χ0n) is 22.6. The monoisotopic (exact) mass is 496 g/mol. The number of nitrogens with zero attached hydrogens (tertiary/aromatic N) is 2. The van der Waals surface area contributed by atoms with Crippen LogP contribution in [0.4, 0.5) is 8.78 Å². The molecule has 1 aliphatic carbocycles. The summed E-state index contributed by atoms with van der Waals surface area (Å²) in [5.41, 5.74) is 1.88. The van der Waals surface area contributed by atoms with E-state index in [0.717, 1.165) is 62.7 Å². The zero-order chi connectivity index (χ0) is 26.3. The molecule has 2 aliphatic rings. The number of ether oxygens (including phenoxy) is 1. The molecule has 3 nitrogen and oxygen atoms in total. The van der Waals surface area contributed by atoms with Crippen molar-refractivity contribution >= 4 is 0 Å². The van der Waals surface area contributed by atoms with Crippen LogP contribution in [0.15, 0.2) is 48.5 Å². The van der Waals surface area contributed by atoms with Crippen molar-refractivity contribution in [3.8, 4) is 11.8 Å². The van der Waals surface area contributed by atoms with E-state index in [1.165, 1.54) is 12.1 Å². The molecule has 0 bridgehead atoms. The van der Waals surface area contributed by atoms with E-state index in [9.17, 15) is 14.0 Å². The molecule has 2 aromatic rings. The Balaban J connectivity index is 0.00000176. The lowest BCUT2D eigenvalue weighted by Gasteiger charge is -2.35. The summed E-state index contributed by atoms with van der Waals surface area (Å²) < 4.78 is 34.8. The lowest BCUT2D eigenvalue weighted by molar-refractivity contribution is -0.185. The van der Waals surface area contributed by atoms with E-state index in [0.29, 0.717) is 17.8 Å². The first-order chi connectivity index (χ1) is 17.2. The second kappa shape index (κ2) is 12.2. The summed E-state index contributed by atoms with van der Waals surface area (Å²) in [7, 11) is 2.12. The summed E-state index contributed by atoms with van der Waals surface area (Å²) in [6.45, 7) is 10.1. The van der Waals surface area contributed by atoms with Crippen molar-refractivity contribution in [2.75, 3.05) is 20.1 Å². The van der Waals surface area contributed by atoms with Gasteiger partial charge < -0.3 is 9.64 Å². The van der Waals surface area contributed by atoms with Crippen LogP contribution in [-0.4, -0.2) is 25.0 Å². The second-order valence-corrected chi connectivity index (χ2v) is 10.8. The Kier molecular flexibility index (Phi) is 9.53. The number of piperidine rings is 1. The van der Waals surface area contributed by atoms with Gasteiger partial charge in [0.2, 0.25) is 0 Å². The van der Waals surface area contributed by atoms with E-state index in [1.807, 2.05) is 52.0 Å². The lowest BCUT2D eigenvalue weighted by atomic mass is 9.68. The van der Waals surface area contributed by atoms with E-state index >= 15 is 0 Å². The molecule has 5 heteroatoms. The van der Waals surface area contributed by atoms with Gasteiger partial charge in [-0.3, -0.25) is 0 Å². The summed E-state index contributed by atoms with van der Waals surface area (Å²) >= 11 is 0. The number of halogens is 2. The molecule has 2 fully saturated rings. The van der Waals surface area contributed by atoms with Gasteiger partial charge in [0, 0.05) is 0 Å². The molecule has 0 aromatic heterocycles. The SMILES string of the molecule is CC.CN1CCC(c2ccc(C(F)(F)Oc3ccc(C4CCC(C(C)(C)C#N)CC4)cc3)cc2)CC1. The van der Waals surface area contributed by atoms with Gasteiger partial charge in [0.1, 0.15) is 5.75 Å². The van der Waals surface area contributed by atoms with Gasteiger partial charge in [0.05, 0.1) is 17.0 Å². The Hall–Kier alpha value is -2.45. The molecule has 0 N–H and O–H groups in total. The number of alkyl halides is 2. The number of likely N-dealkylation sites (tertiary alicyclic amines) is 1. The third-order valence-corrected chi connectivity index (χ3v) is 8.07. The van der Waals surface area contributed by atoms with E-state index in [4.69, 9.17) is 4.74 Å². The Morgan fingerprint density at radius 3 is 1.78 bits per heavy atom. The van der Waals surface area contributed by atoms with Crippen LogP contribution in [0, 0.1) is 22.7 Å². The Morgan fingerprint density at radius 2 is 1.28 bits per heavy atom. The van der Waals surface area contributed by atoms with Gasteiger partial charge >= 0.3 is 6.11 Å². The lowest BCUT2D eigenvalue weighted by Crippen LogP contribution is -2.29. The van der Waals surface area contributed by atoms with E-state index in [2.05, 4.69) is 18.0 Å². The Labute approximate surface area is 216 Å². The van der Waals surface area contributed by atoms with E-state index < -0.39 is 6.11 Å². The molecular weight excluding hydrogens is 454 g/mol. The highest BCUT2D eigenvalue weighted by Crippen LogP contribution is 2.43. The first-order valence-electron chi connectivity index (χ1n) is 13.5. The zero-order valence-corrected chi connectivity index (χ0v) is 22.6. The average Bonchev–Trinajstić information content (AvgIpc) is 2.91. The van der Waals surface area contributed by atoms with Crippen LogP contribution >= 0.6 is 0 Å². The molecule has 1 heterocycles. The molecule has 0 radical (unpaired) electrons. The molecule has 0 amide bonds. The molecule has 2 aromatic carbocycles. The molecule has 1 saturated carbocycles. The highest BCUT2D eigenvalue weighted by molar-refractivity contribution is 5.32. The maximum atomic E-state index is 14.9. The minimum Gasteiger partial charge on any atom is -0.429 e. The summed E-state index contributed by atoms with van der Waals surface area (Å²) in [6.07, 6.45) is 2.84. The second-order valence-electron chi connectivity index (χ2n) is 10.8. The first-order valence-corrected chi connectivity index (χ1v) is 13.5. The number of nitriles is 1.